The van der Waals surface area contributed by atoms with Gasteiger partial charge in [0, 0.05) is 5.56 Å². The van der Waals surface area contributed by atoms with Crippen molar-refractivity contribution in [2.75, 3.05) is 13.2 Å². The summed E-state index contributed by atoms with van der Waals surface area (Å²) < 4.78 is 10.8. The Balaban J connectivity index is 2.23. The zero-order valence-corrected chi connectivity index (χ0v) is 8.19. The summed E-state index contributed by atoms with van der Waals surface area (Å²) in [5, 5.41) is 9.01. The van der Waals surface area contributed by atoms with Crippen LogP contribution in [-0.4, -0.2) is 18.3 Å². The molecule has 1 fully saturated rings. The summed E-state index contributed by atoms with van der Waals surface area (Å²) in [7, 11) is 0. The van der Waals surface area contributed by atoms with Crippen LogP contribution in [0.3, 0.4) is 0 Å². The first-order valence-electron chi connectivity index (χ1n) is 4.75. The quantitative estimate of drug-likeness (QED) is 0.776. The van der Waals surface area contributed by atoms with Crippen LogP contribution < -0.4 is 0 Å². The maximum atomic E-state index is 9.01. The number of hydrogen-bond donors (Lipinski definition) is 1. The lowest BCUT2D eigenvalue weighted by Gasteiger charge is -2.11. The van der Waals surface area contributed by atoms with Crippen molar-refractivity contribution in [3.8, 4) is 0 Å². The maximum absolute atomic E-state index is 9.01. The van der Waals surface area contributed by atoms with Gasteiger partial charge in [-0.15, -0.1) is 0 Å². The van der Waals surface area contributed by atoms with Crippen LogP contribution in [0.4, 0.5) is 0 Å². The molecule has 0 aliphatic carbocycles. The average Bonchev–Trinajstić information content (AvgIpc) is 2.70. The highest BCUT2D eigenvalue weighted by Gasteiger charge is 2.18. The summed E-state index contributed by atoms with van der Waals surface area (Å²) in [4.78, 5) is 0. The van der Waals surface area contributed by atoms with Gasteiger partial charge in [0.1, 0.15) is 0 Å². The van der Waals surface area contributed by atoms with Gasteiger partial charge < -0.3 is 14.6 Å². The molecular weight excluding hydrogens is 180 g/mol. The third-order valence-electron chi connectivity index (χ3n) is 2.43. The molecule has 1 N–H and O–H groups in total. The molecule has 76 valence electrons. The third-order valence-corrected chi connectivity index (χ3v) is 2.43. The van der Waals surface area contributed by atoms with Crippen LogP contribution >= 0.6 is 0 Å². The molecule has 0 amide bonds. The number of hydrogen-bond acceptors (Lipinski definition) is 3. The molecule has 0 saturated carbocycles. The molecular formula is C11H14O3. The maximum Gasteiger partial charge on any atom is 0.184 e. The molecule has 1 aromatic carbocycles. The Morgan fingerprint density at radius 1 is 1.36 bits per heavy atom. The Morgan fingerprint density at radius 3 is 2.64 bits per heavy atom. The topological polar surface area (TPSA) is 38.7 Å². The molecule has 3 nitrogen and oxygen atoms in total. The van der Waals surface area contributed by atoms with Crippen LogP contribution in [0, 0.1) is 6.92 Å². The SMILES string of the molecule is Cc1cc(C2OCCO2)ccc1CO. The van der Waals surface area contributed by atoms with Crippen molar-refractivity contribution in [3.63, 3.8) is 0 Å². The van der Waals surface area contributed by atoms with Gasteiger partial charge >= 0.3 is 0 Å². The third kappa shape index (κ3) is 1.80. The first-order chi connectivity index (χ1) is 6.81. The Labute approximate surface area is 83.3 Å². The highest BCUT2D eigenvalue weighted by atomic mass is 16.7. The minimum Gasteiger partial charge on any atom is -0.392 e. The van der Waals surface area contributed by atoms with Gasteiger partial charge in [-0.1, -0.05) is 18.2 Å². The molecule has 1 heterocycles. The lowest BCUT2D eigenvalue weighted by Crippen LogP contribution is -1.99. The Morgan fingerprint density at radius 2 is 2.07 bits per heavy atom. The molecule has 14 heavy (non-hydrogen) atoms. The normalized spacial score (nSPS) is 17.6. The van der Waals surface area contributed by atoms with Crippen LogP contribution in [0.5, 0.6) is 0 Å². The van der Waals surface area contributed by atoms with Crippen molar-refractivity contribution in [2.45, 2.75) is 19.8 Å². The summed E-state index contributed by atoms with van der Waals surface area (Å²) in [6.45, 7) is 3.37. The van der Waals surface area contributed by atoms with Crippen LogP contribution in [0.25, 0.3) is 0 Å². The molecule has 1 saturated heterocycles. The average molecular weight is 194 g/mol. The number of aliphatic hydroxyl groups excluding tert-OH is 1. The van der Waals surface area contributed by atoms with Gasteiger partial charge in [0.25, 0.3) is 0 Å². The standard InChI is InChI=1S/C11H14O3/c1-8-6-9(2-3-10(8)7-12)11-13-4-5-14-11/h2-3,6,11-12H,4-5,7H2,1H3. The second-order valence-corrected chi connectivity index (χ2v) is 3.42. The summed E-state index contributed by atoms with van der Waals surface area (Å²) in [5.41, 5.74) is 3.05. The van der Waals surface area contributed by atoms with Crippen molar-refractivity contribution < 1.29 is 14.6 Å². The van der Waals surface area contributed by atoms with Crippen LogP contribution in [0.1, 0.15) is 23.0 Å². The Kier molecular flexibility index (Phi) is 2.82. The second kappa shape index (κ2) is 4.09. The molecule has 0 radical (unpaired) electrons. The van der Waals surface area contributed by atoms with Crippen molar-refractivity contribution in [3.05, 3.63) is 34.9 Å². The molecule has 3 heteroatoms. The van der Waals surface area contributed by atoms with Gasteiger partial charge in [0.2, 0.25) is 0 Å². The number of rotatable bonds is 2. The predicted molar refractivity (Wildman–Crippen MR) is 51.7 cm³/mol. The second-order valence-electron chi connectivity index (χ2n) is 3.42. The van der Waals surface area contributed by atoms with E-state index in [0.29, 0.717) is 13.2 Å². The summed E-state index contributed by atoms with van der Waals surface area (Å²) in [5.74, 6) is 0. The van der Waals surface area contributed by atoms with E-state index in [1.165, 1.54) is 0 Å². The highest BCUT2D eigenvalue weighted by Crippen LogP contribution is 2.24. The lowest BCUT2D eigenvalue weighted by molar-refractivity contribution is -0.0441. The van der Waals surface area contributed by atoms with Crippen molar-refractivity contribution in [1.82, 2.24) is 0 Å². The fourth-order valence-electron chi connectivity index (χ4n) is 1.59. The van der Waals surface area contributed by atoms with Gasteiger partial charge in [-0.2, -0.15) is 0 Å². The van der Waals surface area contributed by atoms with Gasteiger partial charge in [-0.25, -0.2) is 0 Å². The highest BCUT2D eigenvalue weighted by molar-refractivity contribution is 5.31. The number of benzene rings is 1. The largest absolute Gasteiger partial charge is 0.392 e. The van der Waals surface area contributed by atoms with E-state index in [2.05, 4.69) is 0 Å². The smallest absolute Gasteiger partial charge is 0.184 e. The number of ether oxygens (including phenoxy) is 2. The number of aryl methyl sites for hydroxylation is 1. The van der Waals surface area contributed by atoms with Crippen molar-refractivity contribution >= 4 is 0 Å². The molecule has 0 spiro atoms. The van der Waals surface area contributed by atoms with Gasteiger partial charge in [0.15, 0.2) is 6.29 Å². The zero-order chi connectivity index (χ0) is 9.97. The molecule has 0 aromatic heterocycles. The predicted octanol–water partition coefficient (Wildman–Crippen LogP) is 1.53. The minimum absolute atomic E-state index is 0.0818. The van der Waals surface area contributed by atoms with Crippen molar-refractivity contribution in [2.24, 2.45) is 0 Å². The summed E-state index contributed by atoms with van der Waals surface area (Å²) >= 11 is 0. The minimum atomic E-state index is -0.221. The fourth-order valence-corrected chi connectivity index (χ4v) is 1.59. The van der Waals surface area contributed by atoms with E-state index in [0.717, 1.165) is 16.7 Å². The summed E-state index contributed by atoms with van der Waals surface area (Å²) in [6.07, 6.45) is -0.221. The summed E-state index contributed by atoms with van der Waals surface area (Å²) in [6, 6.07) is 5.85. The number of aliphatic hydroxyl groups is 1. The van der Waals surface area contributed by atoms with E-state index in [-0.39, 0.29) is 12.9 Å². The van der Waals surface area contributed by atoms with Crippen LogP contribution in [-0.2, 0) is 16.1 Å². The lowest BCUT2D eigenvalue weighted by atomic mass is 10.1. The Bertz CT molecular complexity index is 316. The monoisotopic (exact) mass is 194 g/mol. The molecule has 0 bridgehead atoms. The van der Waals surface area contributed by atoms with E-state index in [4.69, 9.17) is 14.6 Å². The van der Waals surface area contributed by atoms with Gasteiger partial charge in [0.05, 0.1) is 19.8 Å². The molecule has 1 aromatic rings. The molecule has 0 unspecified atom stereocenters. The van der Waals surface area contributed by atoms with E-state index < -0.39 is 0 Å². The van der Waals surface area contributed by atoms with Crippen LogP contribution in [0.15, 0.2) is 18.2 Å². The zero-order valence-electron chi connectivity index (χ0n) is 8.19. The van der Waals surface area contributed by atoms with E-state index in [1.807, 2.05) is 25.1 Å². The first-order valence-corrected chi connectivity index (χ1v) is 4.75. The first kappa shape index (κ1) is 9.65. The van der Waals surface area contributed by atoms with Gasteiger partial charge in [-0.3, -0.25) is 0 Å². The fraction of sp³-hybridized carbons (Fsp3) is 0.455. The van der Waals surface area contributed by atoms with E-state index in [9.17, 15) is 0 Å². The van der Waals surface area contributed by atoms with Crippen LogP contribution in [0.2, 0.25) is 0 Å². The Hall–Kier alpha value is -0.900. The molecule has 2 rings (SSSR count). The molecule has 1 aliphatic rings. The molecule has 1 aliphatic heterocycles. The van der Waals surface area contributed by atoms with E-state index >= 15 is 0 Å². The van der Waals surface area contributed by atoms with Gasteiger partial charge in [-0.05, 0) is 18.1 Å². The van der Waals surface area contributed by atoms with E-state index in [1.54, 1.807) is 0 Å². The molecule has 0 atom stereocenters. The van der Waals surface area contributed by atoms with Crippen molar-refractivity contribution in [1.29, 1.82) is 0 Å².